The molecule has 1 saturated heterocycles. The highest BCUT2D eigenvalue weighted by Gasteiger charge is 2.27. The molecule has 0 spiro atoms. The van der Waals surface area contributed by atoms with Crippen LogP contribution in [0.4, 0.5) is 0 Å². The third kappa shape index (κ3) is 7.65. The van der Waals surface area contributed by atoms with Crippen molar-refractivity contribution in [3.63, 3.8) is 0 Å². The summed E-state index contributed by atoms with van der Waals surface area (Å²) in [5.74, 6) is 0.451. The summed E-state index contributed by atoms with van der Waals surface area (Å²) in [6, 6.07) is 0. The molecule has 1 fully saturated rings. The Balaban J connectivity index is 2.04. The second-order valence-corrected chi connectivity index (χ2v) is 5.51. The van der Waals surface area contributed by atoms with Gasteiger partial charge in [-0.3, -0.25) is 4.79 Å². The van der Waals surface area contributed by atoms with Crippen LogP contribution >= 0.6 is 0 Å². The first-order valence-corrected chi connectivity index (χ1v) is 7.72. The highest BCUT2D eigenvalue weighted by Crippen LogP contribution is 2.26. The molecule has 116 valence electrons. The molecule has 1 heterocycles. The molecule has 2 atom stereocenters. The van der Waals surface area contributed by atoms with E-state index in [-0.39, 0.29) is 0 Å². The summed E-state index contributed by atoms with van der Waals surface area (Å²) in [6.45, 7) is 5.14. The Morgan fingerprint density at radius 3 is 2.75 bits per heavy atom. The Kier molecular flexibility index (Phi) is 9.33. The van der Waals surface area contributed by atoms with Crippen LogP contribution in [0.2, 0.25) is 0 Å². The van der Waals surface area contributed by atoms with Crippen LogP contribution in [-0.2, 0) is 14.3 Å². The number of carboxylic acids is 1. The number of aliphatic carboxylic acids is 1. The molecule has 1 N–H and O–H groups in total. The summed E-state index contributed by atoms with van der Waals surface area (Å²) < 4.78 is 11.2. The second-order valence-electron chi connectivity index (χ2n) is 5.51. The van der Waals surface area contributed by atoms with Gasteiger partial charge in [0.25, 0.3) is 0 Å². The minimum absolute atomic E-state index is 0.300. The molecule has 4 nitrogen and oxygen atoms in total. The molecule has 0 aromatic heterocycles. The molecule has 0 radical (unpaired) electrons. The molecular weight excluding hydrogens is 256 g/mol. The SMILES string of the molecule is C/C=C/COCC1COCC1CCCCCCC(=O)O. The summed E-state index contributed by atoms with van der Waals surface area (Å²) in [5, 5.41) is 8.56. The first-order valence-electron chi connectivity index (χ1n) is 7.72. The topological polar surface area (TPSA) is 55.8 Å². The summed E-state index contributed by atoms with van der Waals surface area (Å²) in [6.07, 6.45) is 9.59. The van der Waals surface area contributed by atoms with Gasteiger partial charge < -0.3 is 14.6 Å². The Morgan fingerprint density at radius 1 is 1.25 bits per heavy atom. The van der Waals surface area contributed by atoms with Gasteiger partial charge in [-0.25, -0.2) is 0 Å². The van der Waals surface area contributed by atoms with Gasteiger partial charge in [0.2, 0.25) is 0 Å². The van der Waals surface area contributed by atoms with Crippen molar-refractivity contribution in [3.8, 4) is 0 Å². The summed E-state index contributed by atoms with van der Waals surface area (Å²) in [4.78, 5) is 10.4. The Labute approximate surface area is 122 Å². The van der Waals surface area contributed by atoms with Gasteiger partial charge in [0.1, 0.15) is 0 Å². The zero-order chi connectivity index (χ0) is 14.6. The largest absolute Gasteiger partial charge is 0.481 e. The van der Waals surface area contributed by atoms with Crippen molar-refractivity contribution in [1.29, 1.82) is 0 Å². The lowest BCUT2D eigenvalue weighted by Crippen LogP contribution is -2.18. The Bertz CT molecular complexity index is 288. The zero-order valence-corrected chi connectivity index (χ0v) is 12.6. The van der Waals surface area contributed by atoms with Crippen molar-refractivity contribution in [3.05, 3.63) is 12.2 Å². The maximum Gasteiger partial charge on any atom is 0.303 e. The van der Waals surface area contributed by atoms with Crippen molar-refractivity contribution in [2.75, 3.05) is 26.4 Å². The normalized spacial score (nSPS) is 22.6. The average molecular weight is 284 g/mol. The lowest BCUT2D eigenvalue weighted by atomic mass is 9.91. The van der Waals surface area contributed by atoms with Gasteiger partial charge >= 0.3 is 5.97 Å². The predicted octanol–water partition coefficient (Wildman–Crippen LogP) is 3.27. The molecule has 1 aliphatic heterocycles. The van der Waals surface area contributed by atoms with Crippen molar-refractivity contribution in [1.82, 2.24) is 0 Å². The van der Waals surface area contributed by atoms with E-state index in [0.29, 0.717) is 24.9 Å². The third-order valence-electron chi connectivity index (χ3n) is 3.83. The molecule has 0 aromatic carbocycles. The van der Waals surface area contributed by atoms with E-state index < -0.39 is 5.97 Å². The van der Waals surface area contributed by atoms with Crippen LogP contribution < -0.4 is 0 Å². The molecule has 4 heteroatoms. The van der Waals surface area contributed by atoms with E-state index in [4.69, 9.17) is 14.6 Å². The first kappa shape index (κ1) is 17.2. The van der Waals surface area contributed by atoms with Gasteiger partial charge in [0.15, 0.2) is 0 Å². The Morgan fingerprint density at radius 2 is 2.00 bits per heavy atom. The van der Waals surface area contributed by atoms with Gasteiger partial charge in [0, 0.05) is 18.9 Å². The molecule has 1 aliphatic rings. The monoisotopic (exact) mass is 284 g/mol. The van der Waals surface area contributed by atoms with E-state index in [0.717, 1.165) is 39.1 Å². The van der Waals surface area contributed by atoms with Crippen molar-refractivity contribution in [2.45, 2.75) is 45.4 Å². The number of rotatable bonds is 11. The van der Waals surface area contributed by atoms with Crippen LogP contribution in [0.5, 0.6) is 0 Å². The van der Waals surface area contributed by atoms with Crippen LogP contribution in [0.25, 0.3) is 0 Å². The van der Waals surface area contributed by atoms with E-state index >= 15 is 0 Å². The summed E-state index contributed by atoms with van der Waals surface area (Å²) in [5.41, 5.74) is 0. The van der Waals surface area contributed by atoms with E-state index in [1.54, 1.807) is 0 Å². The quantitative estimate of drug-likeness (QED) is 0.467. The molecule has 0 aromatic rings. The summed E-state index contributed by atoms with van der Waals surface area (Å²) >= 11 is 0. The zero-order valence-electron chi connectivity index (χ0n) is 12.6. The minimum atomic E-state index is -0.687. The molecular formula is C16H28O4. The fourth-order valence-corrected chi connectivity index (χ4v) is 2.57. The van der Waals surface area contributed by atoms with Crippen LogP contribution in [0, 0.1) is 11.8 Å². The molecule has 0 saturated carbocycles. The van der Waals surface area contributed by atoms with Crippen LogP contribution in [0.3, 0.4) is 0 Å². The number of carboxylic acid groups (broad SMARTS) is 1. The highest BCUT2D eigenvalue weighted by molar-refractivity contribution is 5.66. The van der Waals surface area contributed by atoms with Gasteiger partial charge in [0.05, 0.1) is 19.8 Å². The average Bonchev–Trinajstić information content (AvgIpc) is 2.86. The Hall–Kier alpha value is -0.870. The van der Waals surface area contributed by atoms with Gasteiger partial charge in [-0.15, -0.1) is 0 Å². The summed E-state index contributed by atoms with van der Waals surface area (Å²) in [7, 11) is 0. The number of hydrogen-bond acceptors (Lipinski definition) is 3. The molecule has 2 unspecified atom stereocenters. The standard InChI is InChI=1S/C16H28O4/c1-2-3-10-19-12-15-13-20-11-14(15)8-6-4-5-7-9-16(17)18/h2-3,14-15H,4-13H2,1H3,(H,17,18)/b3-2+. The maximum atomic E-state index is 10.4. The van der Waals surface area contributed by atoms with Gasteiger partial charge in [-0.2, -0.15) is 0 Å². The van der Waals surface area contributed by atoms with E-state index in [2.05, 4.69) is 0 Å². The number of unbranched alkanes of at least 4 members (excludes halogenated alkanes) is 3. The maximum absolute atomic E-state index is 10.4. The fourth-order valence-electron chi connectivity index (χ4n) is 2.57. The van der Waals surface area contributed by atoms with Crippen LogP contribution in [0.1, 0.15) is 45.4 Å². The van der Waals surface area contributed by atoms with Crippen LogP contribution in [0.15, 0.2) is 12.2 Å². The van der Waals surface area contributed by atoms with Crippen molar-refractivity contribution < 1.29 is 19.4 Å². The van der Waals surface area contributed by atoms with Crippen LogP contribution in [-0.4, -0.2) is 37.5 Å². The van der Waals surface area contributed by atoms with E-state index in [1.165, 1.54) is 12.8 Å². The van der Waals surface area contributed by atoms with E-state index in [1.807, 2.05) is 19.1 Å². The van der Waals surface area contributed by atoms with Gasteiger partial charge in [-0.05, 0) is 25.7 Å². The molecule has 0 bridgehead atoms. The van der Waals surface area contributed by atoms with Crippen molar-refractivity contribution >= 4 is 5.97 Å². The molecule has 0 aliphatic carbocycles. The number of ether oxygens (including phenoxy) is 2. The third-order valence-corrected chi connectivity index (χ3v) is 3.83. The molecule has 20 heavy (non-hydrogen) atoms. The lowest BCUT2D eigenvalue weighted by molar-refractivity contribution is -0.137. The first-order chi connectivity index (χ1) is 9.74. The minimum Gasteiger partial charge on any atom is -0.481 e. The molecule has 0 amide bonds. The number of carbonyl (C=O) groups is 1. The van der Waals surface area contributed by atoms with Crippen molar-refractivity contribution in [2.24, 2.45) is 11.8 Å². The predicted molar refractivity (Wildman–Crippen MR) is 78.8 cm³/mol. The van der Waals surface area contributed by atoms with E-state index in [9.17, 15) is 4.79 Å². The molecule has 1 rings (SSSR count). The fraction of sp³-hybridized carbons (Fsp3) is 0.812. The lowest BCUT2D eigenvalue weighted by Gasteiger charge is -2.17. The number of hydrogen-bond donors (Lipinski definition) is 1. The smallest absolute Gasteiger partial charge is 0.303 e. The van der Waals surface area contributed by atoms with Gasteiger partial charge in [-0.1, -0.05) is 31.4 Å². The number of allylic oxidation sites excluding steroid dienone is 1. The highest BCUT2D eigenvalue weighted by atomic mass is 16.5. The second kappa shape index (κ2) is 10.9.